The van der Waals surface area contributed by atoms with Crippen LogP contribution in [0.2, 0.25) is 5.04 Å². The van der Waals surface area contributed by atoms with Gasteiger partial charge in [-0.05, 0) is 27.1 Å². The third kappa shape index (κ3) is 5.56. The highest BCUT2D eigenvalue weighted by Crippen LogP contribution is 2.49. The van der Waals surface area contributed by atoms with Gasteiger partial charge in [-0.1, -0.05) is 112 Å². The van der Waals surface area contributed by atoms with E-state index in [-0.39, 0.29) is 30.6 Å². The first kappa shape index (κ1) is 30.5. The van der Waals surface area contributed by atoms with Gasteiger partial charge in [0.25, 0.3) is 8.32 Å². The predicted molar refractivity (Wildman–Crippen MR) is 155 cm³/mol. The maximum atomic E-state index is 13.3. The number of hydrogen-bond donors (Lipinski definition) is 0. The Bertz CT molecular complexity index is 1470. The van der Waals surface area contributed by atoms with Crippen molar-refractivity contribution in [3.63, 3.8) is 0 Å². The van der Waals surface area contributed by atoms with Crippen molar-refractivity contribution in [1.29, 1.82) is 0 Å². The molecule has 2 bridgehead atoms. The minimum absolute atomic E-state index is 0.0806. The van der Waals surface area contributed by atoms with Gasteiger partial charge in [0.2, 0.25) is 0 Å². The highest BCUT2D eigenvalue weighted by atomic mass is 32.2. The van der Waals surface area contributed by atoms with E-state index < -0.39 is 41.6 Å². The summed E-state index contributed by atoms with van der Waals surface area (Å²) in [5, 5.41) is 1.63. The molecule has 1 fully saturated rings. The van der Waals surface area contributed by atoms with Gasteiger partial charge in [0.1, 0.15) is 17.5 Å². The molecular formula is C31H33F3O6SSi. The molecule has 2 aliphatic rings. The number of fused-ring (bicyclic) bond motifs is 2. The van der Waals surface area contributed by atoms with E-state index >= 15 is 0 Å². The molecule has 224 valence electrons. The molecule has 0 saturated carbocycles. The van der Waals surface area contributed by atoms with Crippen LogP contribution in [0.25, 0.3) is 0 Å². The molecule has 42 heavy (non-hydrogen) atoms. The maximum absolute atomic E-state index is 13.3. The molecule has 3 aromatic rings. The lowest BCUT2D eigenvalue weighted by atomic mass is 9.99. The van der Waals surface area contributed by atoms with Crippen LogP contribution in [0.1, 0.15) is 26.3 Å². The van der Waals surface area contributed by atoms with Crippen molar-refractivity contribution in [2.75, 3.05) is 13.2 Å². The summed E-state index contributed by atoms with van der Waals surface area (Å²) in [6, 6.07) is 29.0. The summed E-state index contributed by atoms with van der Waals surface area (Å²) in [7, 11) is -8.97. The first-order valence-corrected chi connectivity index (χ1v) is 16.9. The Labute approximate surface area is 245 Å². The third-order valence-corrected chi connectivity index (χ3v) is 13.8. The summed E-state index contributed by atoms with van der Waals surface area (Å²) in [5.41, 5.74) is -6.10. The Morgan fingerprint density at radius 1 is 0.881 bits per heavy atom. The molecule has 3 atom stereocenters. The van der Waals surface area contributed by atoms with Crippen molar-refractivity contribution >= 4 is 28.8 Å². The minimum Gasteiger partial charge on any atom is -0.404 e. The van der Waals surface area contributed by atoms with Crippen molar-refractivity contribution < 1.29 is 39.7 Å². The zero-order chi connectivity index (χ0) is 30.2. The molecule has 0 spiro atoms. The van der Waals surface area contributed by atoms with Gasteiger partial charge in [0.05, 0.1) is 25.7 Å². The number of hydrogen-bond acceptors (Lipinski definition) is 6. The van der Waals surface area contributed by atoms with Crippen LogP contribution < -0.4 is 10.4 Å². The van der Waals surface area contributed by atoms with E-state index in [2.05, 4.69) is 25.0 Å². The lowest BCUT2D eigenvalue weighted by Crippen LogP contribution is -2.68. The molecule has 1 aliphatic carbocycles. The Balaban J connectivity index is 1.55. The third-order valence-electron chi connectivity index (χ3n) is 7.82. The van der Waals surface area contributed by atoms with Crippen molar-refractivity contribution in [2.24, 2.45) is 5.92 Å². The molecule has 1 aliphatic heterocycles. The van der Waals surface area contributed by atoms with E-state index in [0.29, 0.717) is 0 Å². The summed E-state index contributed by atoms with van der Waals surface area (Å²) in [6.07, 6.45) is 0.465. The lowest BCUT2D eigenvalue weighted by Gasteiger charge is -2.45. The van der Waals surface area contributed by atoms with Gasteiger partial charge in [-0.25, -0.2) is 0 Å². The largest absolute Gasteiger partial charge is 0.534 e. The fourth-order valence-corrected chi connectivity index (χ4v) is 11.0. The number of alkyl halides is 3. The van der Waals surface area contributed by atoms with Crippen molar-refractivity contribution in [3.05, 3.63) is 108 Å². The first-order chi connectivity index (χ1) is 19.8. The Morgan fingerprint density at radius 2 is 1.40 bits per heavy atom. The average molecular weight is 619 g/mol. The Morgan fingerprint density at radius 3 is 1.90 bits per heavy atom. The number of benzene rings is 3. The van der Waals surface area contributed by atoms with Crippen LogP contribution in [0.15, 0.2) is 103 Å². The molecule has 0 aromatic heterocycles. The monoisotopic (exact) mass is 618 g/mol. The van der Waals surface area contributed by atoms with E-state index in [4.69, 9.17) is 13.9 Å². The van der Waals surface area contributed by atoms with E-state index in [1.807, 2.05) is 91.0 Å². The predicted octanol–water partition coefficient (Wildman–Crippen LogP) is 5.30. The fourth-order valence-electron chi connectivity index (χ4n) is 5.88. The number of rotatable bonds is 10. The quantitative estimate of drug-likeness (QED) is 0.175. The van der Waals surface area contributed by atoms with E-state index in [1.54, 1.807) is 0 Å². The maximum Gasteiger partial charge on any atom is 0.534 e. The second kappa shape index (κ2) is 11.3. The normalized spacial score (nSPS) is 22.7. The van der Waals surface area contributed by atoms with Crippen molar-refractivity contribution in [1.82, 2.24) is 0 Å². The molecule has 0 unspecified atom stereocenters. The molecule has 0 N–H and O–H groups in total. The van der Waals surface area contributed by atoms with E-state index in [9.17, 15) is 21.6 Å². The second-order valence-electron chi connectivity index (χ2n) is 11.6. The average Bonchev–Trinajstić information content (AvgIpc) is 3.43. The zero-order valence-corrected chi connectivity index (χ0v) is 25.3. The lowest BCUT2D eigenvalue weighted by molar-refractivity contribution is -0.0821. The van der Waals surface area contributed by atoms with Crippen LogP contribution >= 0.6 is 0 Å². The van der Waals surface area contributed by atoms with Gasteiger partial charge in [-0.3, -0.25) is 0 Å². The smallest absolute Gasteiger partial charge is 0.404 e. The van der Waals surface area contributed by atoms with Gasteiger partial charge in [-0.2, -0.15) is 21.6 Å². The molecular weight excluding hydrogens is 585 g/mol. The molecule has 0 amide bonds. The van der Waals surface area contributed by atoms with Crippen LogP contribution in [0.4, 0.5) is 13.2 Å². The van der Waals surface area contributed by atoms with Crippen LogP contribution in [0, 0.1) is 5.92 Å². The zero-order valence-electron chi connectivity index (χ0n) is 23.5. The van der Waals surface area contributed by atoms with Crippen LogP contribution in [0.3, 0.4) is 0 Å². The number of halogens is 3. The Hall–Kier alpha value is -2.96. The van der Waals surface area contributed by atoms with Crippen LogP contribution in [-0.4, -0.2) is 47.2 Å². The molecule has 5 rings (SSSR count). The molecule has 1 heterocycles. The highest BCUT2D eigenvalue weighted by molar-refractivity contribution is 7.87. The van der Waals surface area contributed by atoms with Gasteiger partial charge >= 0.3 is 15.6 Å². The first-order valence-electron chi connectivity index (χ1n) is 13.6. The molecule has 1 saturated heterocycles. The van der Waals surface area contributed by atoms with Crippen LogP contribution in [-0.2, 0) is 34.8 Å². The van der Waals surface area contributed by atoms with Crippen LogP contribution in [0.5, 0.6) is 0 Å². The SMILES string of the molecule is CC(C)(C)[Si](OC[C@]12C=C(OS(=O)(=O)C(F)(F)F)[C@H](CO1)[C@H]2OCc1ccccc1)(c1ccccc1)c1ccccc1. The fraction of sp³-hybridized carbons (Fsp3) is 0.355. The van der Waals surface area contributed by atoms with E-state index in [1.165, 1.54) is 6.08 Å². The molecule has 3 aromatic carbocycles. The molecule has 11 heteroatoms. The van der Waals surface area contributed by atoms with Gasteiger partial charge < -0.3 is 18.1 Å². The second-order valence-corrected chi connectivity index (χ2v) is 17.4. The summed E-state index contributed by atoms with van der Waals surface area (Å²) in [5.74, 6) is -1.21. The van der Waals surface area contributed by atoms with E-state index in [0.717, 1.165) is 15.9 Å². The van der Waals surface area contributed by atoms with Crippen molar-refractivity contribution in [3.8, 4) is 0 Å². The van der Waals surface area contributed by atoms with Gasteiger partial charge in [-0.15, -0.1) is 0 Å². The summed E-state index contributed by atoms with van der Waals surface area (Å²) in [6.45, 7) is 6.28. The van der Waals surface area contributed by atoms with Gasteiger partial charge in [0.15, 0.2) is 0 Å². The minimum atomic E-state index is -5.88. The summed E-state index contributed by atoms with van der Waals surface area (Å²) < 4.78 is 88.0. The number of ether oxygens (including phenoxy) is 2. The summed E-state index contributed by atoms with van der Waals surface area (Å²) >= 11 is 0. The Kier molecular flexibility index (Phi) is 8.18. The summed E-state index contributed by atoms with van der Waals surface area (Å²) in [4.78, 5) is 0. The van der Waals surface area contributed by atoms with Crippen molar-refractivity contribution in [2.45, 2.75) is 49.6 Å². The highest BCUT2D eigenvalue weighted by Gasteiger charge is 2.61. The molecule has 0 radical (unpaired) electrons. The molecule has 6 nitrogen and oxygen atoms in total. The van der Waals surface area contributed by atoms with Gasteiger partial charge in [0, 0.05) is 0 Å². The topological polar surface area (TPSA) is 71.1 Å². The standard InChI is InChI=1S/C31H33F3O6SSi/c1-29(2,3)42(24-15-9-5-10-16-24,25-17-11-6-12-18-25)39-22-30-19-27(40-41(35,36)31(32,33)34)26(21-38-30)28(30)37-20-23-13-7-4-8-14-23/h4-19,26,28H,20-22H2,1-3H3/t26-,28+,30-/m0/s1.